The van der Waals surface area contributed by atoms with E-state index in [1.165, 1.54) is 19.3 Å². The van der Waals surface area contributed by atoms with Gasteiger partial charge in [-0.15, -0.1) is 0 Å². The van der Waals surface area contributed by atoms with Crippen LogP contribution < -0.4 is 9.47 Å². The molecule has 1 aromatic rings. The molecule has 1 aromatic carbocycles. The molecule has 1 heterocycles. The zero-order valence-electron chi connectivity index (χ0n) is 10.8. The largest absolute Gasteiger partial charge is 0.490 e. The molecule has 0 amide bonds. The van der Waals surface area contributed by atoms with Crippen molar-refractivity contribution in [2.24, 2.45) is 5.92 Å². The molecule has 0 spiro atoms. The molecular weight excluding hydrogens is 328 g/mol. The second-order valence-corrected chi connectivity index (χ2v) is 6.88. The molecule has 0 bridgehead atoms. The fraction of sp³-hybridized carbons (Fsp3) is 0.600. The molecule has 1 saturated carbocycles. The summed E-state index contributed by atoms with van der Waals surface area (Å²) >= 11 is 10.2. The minimum atomic E-state index is 0.308. The Morgan fingerprint density at radius 1 is 1.16 bits per heavy atom. The van der Waals surface area contributed by atoms with Gasteiger partial charge in [0, 0.05) is 22.3 Å². The minimum Gasteiger partial charge on any atom is -0.490 e. The molecule has 0 saturated heterocycles. The van der Waals surface area contributed by atoms with Crippen LogP contribution in [0.3, 0.4) is 0 Å². The number of hydrogen-bond donors (Lipinski definition) is 0. The van der Waals surface area contributed by atoms with Gasteiger partial charge in [-0.1, -0.05) is 46.8 Å². The predicted molar refractivity (Wildman–Crippen MR) is 80.7 cm³/mol. The van der Waals surface area contributed by atoms with Crippen LogP contribution in [0.2, 0.25) is 5.02 Å². The van der Waals surface area contributed by atoms with Crippen molar-refractivity contribution in [1.82, 2.24) is 0 Å². The monoisotopic (exact) mass is 344 g/mol. The van der Waals surface area contributed by atoms with E-state index in [4.69, 9.17) is 21.1 Å². The fourth-order valence-electron chi connectivity index (χ4n) is 2.59. The Balaban J connectivity index is 1.81. The topological polar surface area (TPSA) is 18.5 Å². The normalized spacial score (nSPS) is 20.5. The van der Waals surface area contributed by atoms with E-state index in [1.54, 1.807) is 0 Å². The summed E-state index contributed by atoms with van der Waals surface area (Å²) in [6, 6.07) is 3.94. The van der Waals surface area contributed by atoms with E-state index >= 15 is 0 Å². The van der Waals surface area contributed by atoms with Crippen molar-refractivity contribution in [3.8, 4) is 11.5 Å². The van der Waals surface area contributed by atoms with Crippen LogP contribution >= 0.6 is 27.5 Å². The van der Waals surface area contributed by atoms with E-state index in [9.17, 15) is 0 Å². The maximum Gasteiger partial charge on any atom is 0.162 e. The van der Waals surface area contributed by atoms with Gasteiger partial charge in [-0.3, -0.25) is 0 Å². The molecule has 4 heteroatoms. The van der Waals surface area contributed by atoms with E-state index in [2.05, 4.69) is 15.9 Å². The van der Waals surface area contributed by atoms with Crippen molar-refractivity contribution in [2.75, 3.05) is 13.2 Å². The van der Waals surface area contributed by atoms with E-state index < -0.39 is 0 Å². The quantitative estimate of drug-likeness (QED) is 0.707. The van der Waals surface area contributed by atoms with E-state index in [-0.39, 0.29) is 0 Å². The van der Waals surface area contributed by atoms with Gasteiger partial charge in [0.15, 0.2) is 11.5 Å². The highest BCUT2D eigenvalue weighted by molar-refractivity contribution is 9.09. The molecule has 1 atom stereocenters. The van der Waals surface area contributed by atoms with Gasteiger partial charge >= 0.3 is 0 Å². The van der Waals surface area contributed by atoms with Crippen LogP contribution in [-0.2, 0) is 0 Å². The first-order valence-electron chi connectivity index (χ1n) is 6.97. The van der Waals surface area contributed by atoms with Crippen molar-refractivity contribution < 1.29 is 9.47 Å². The average molecular weight is 346 g/mol. The second kappa shape index (κ2) is 5.92. The van der Waals surface area contributed by atoms with Crippen molar-refractivity contribution in [1.29, 1.82) is 0 Å². The number of benzene rings is 1. The summed E-state index contributed by atoms with van der Waals surface area (Å²) < 4.78 is 11.4. The number of fused-ring (bicyclic) bond motifs is 1. The van der Waals surface area contributed by atoms with Gasteiger partial charge in [-0.25, -0.2) is 0 Å². The maximum atomic E-state index is 6.39. The van der Waals surface area contributed by atoms with Crippen molar-refractivity contribution >= 4 is 27.5 Å². The molecule has 2 nitrogen and oxygen atoms in total. The summed E-state index contributed by atoms with van der Waals surface area (Å²) in [5.74, 6) is 2.45. The Labute approximate surface area is 127 Å². The van der Waals surface area contributed by atoms with Crippen LogP contribution in [0.5, 0.6) is 11.5 Å². The number of hydrogen-bond acceptors (Lipinski definition) is 2. The zero-order valence-corrected chi connectivity index (χ0v) is 13.2. The number of ether oxygens (including phenoxy) is 2. The fourth-order valence-corrected chi connectivity index (χ4v) is 3.91. The van der Waals surface area contributed by atoms with E-state index in [1.807, 2.05) is 12.1 Å². The lowest BCUT2D eigenvalue weighted by Crippen LogP contribution is -2.13. The Bertz CT molecular complexity index is 460. The Morgan fingerprint density at radius 3 is 2.47 bits per heavy atom. The van der Waals surface area contributed by atoms with E-state index in [0.29, 0.717) is 18.0 Å². The lowest BCUT2D eigenvalue weighted by molar-refractivity contribution is 0.294. The van der Waals surface area contributed by atoms with Crippen LogP contribution in [0.1, 0.15) is 42.5 Å². The molecule has 1 fully saturated rings. The molecule has 0 N–H and O–H groups in total. The molecule has 2 aliphatic rings. The van der Waals surface area contributed by atoms with Gasteiger partial charge in [0.2, 0.25) is 0 Å². The van der Waals surface area contributed by atoms with Crippen molar-refractivity contribution in [2.45, 2.75) is 36.9 Å². The first-order chi connectivity index (χ1) is 9.24. The van der Waals surface area contributed by atoms with Crippen LogP contribution in [0.15, 0.2) is 12.1 Å². The third-order valence-corrected chi connectivity index (χ3v) is 5.16. The Hall–Kier alpha value is -0.410. The first-order valence-corrected chi connectivity index (χ1v) is 8.26. The van der Waals surface area contributed by atoms with Gasteiger partial charge in [-0.2, -0.15) is 0 Å². The third kappa shape index (κ3) is 3.03. The molecule has 104 valence electrons. The smallest absolute Gasteiger partial charge is 0.162 e. The summed E-state index contributed by atoms with van der Waals surface area (Å²) in [5.41, 5.74) is 1.12. The standard InChI is InChI=1S/C15H18BrClO2/c16-12(7-10-3-1-4-10)11-8-14-15(9-13(11)17)19-6-2-5-18-14/h8-10,12H,1-7H2. The number of halogens is 2. The van der Waals surface area contributed by atoms with Gasteiger partial charge in [0.25, 0.3) is 0 Å². The van der Waals surface area contributed by atoms with Crippen LogP contribution in [0, 0.1) is 5.92 Å². The molecule has 19 heavy (non-hydrogen) atoms. The summed E-state index contributed by atoms with van der Waals surface area (Å²) in [6.07, 6.45) is 6.15. The Morgan fingerprint density at radius 2 is 1.84 bits per heavy atom. The number of alkyl halides is 1. The first kappa shape index (κ1) is 13.6. The Kier molecular flexibility index (Phi) is 4.23. The lowest BCUT2D eigenvalue weighted by Gasteiger charge is -2.28. The average Bonchev–Trinajstić information content (AvgIpc) is 2.57. The van der Waals surface area contributed by atoms with Gasteiger partial charge in [-0.05, 0) is 24.0 Å². The highest BCUT2D eigenvalue weighted by Gasteiger charge is 2.24. The van der Waals surface area contributed by atoms with Crippen molar-refractivity contribution in [3.05, 3.63) is 22.7 Å². The maximum absolute atomic E-state index is 6.39. The molecule has 1 aliphatic carbocycles. The van der Waals surface area contributed by atoms with Gasteiger partial charge < -0.3 is 9.47 Å². The molecule has 3 rings (SSSR count). The number of rotatable bonds is 3. The molecular formula is C15H18BrClO2. The molecule has 0 aromatic heterocycles. The summed E-state index contributed by atoms with van der Waals surface area (Å²) in [4.78, 5) is 0.308. The van der Waals surface area contributed by atoms with Crippen LogP contribution in [0.25, 0.3) is 0 Å². The predicted octanol–water partition coefficient (Wildman–Crippen LogP) is 5.13. The van der Waals surface area contributed by atoms with Gasteiger partial charge in [0.1, 0.15) is 0 Å². The highest BCUT2D eigenvalue weighted by atomic mass is 79.9. The third-order valence-electron chi connectivity index (χ3n) is 3.97. The minimum absolute atomic E-state index is 0.308. The van der Waals surface area contributed by atoms with Crippen LogP contribution in [0.4, 0.5) is 0 Å². The zero-order chi connectivity index (χ0) is 13.2. The lowest BCUT2D eigenvalue weighted by atomic mass is 9.81. The highest BCUT2D eigenvalue weighted by Crippen LogP contribution is 2.44. The van der Waals surface area contributed by atoms with Crippen LogP contribution in [-0.4, -0.2) is 13.2 Å². The molecule has 1 aliphatic heterocycles. The summed E-state index contributed by atoms with van der Waals surface area (Å²) in [7, 11) is 0. The SMILES string of the molecule is Clc1cc2c(cc1C(Br)CC1CCC1)OCCCO2. The van der Waals surface area contributed by atoms with E-state index in [0.717, 1.165) is 40.8 Å². The van der Waals surface area contributed by atoms with Gasteiger partial charge in [0.05, 0.1) is 13.2 Å². The summed E-state index contributed by atoms with van der Waals surface area (Å²) in [5, 5.41) is 0.769. The second-order valence-electron chi connectivity index (χ2n) is 5.37. The molecule has 0 radical (unpaired) electrons. The molecule has 1 unspecified atom stereocenters. The van der Waals surface area contributed by atoms with Crippen molar-refractivity contribution in [3.63, 3.8) is 0 Å². The summed E-state index contributed by atoms with van der Waals surface area (Å²) in [6.45, 7) is 1.41.